The lowest BCUT2D eigenvalue weighted by atomic mass is 10.00. The van der Waals surface area contributed by atoms with Gasteiger partial charge in [0.05, 0.1) is 12.0 Å². The van der Waals surface area contributed by atoms with Crippen molar-refractivity contribution in [1.82, 2.24) is 5.32 Å². The Morgan fingerprint density at radius 1 is 1.44 bits per heavy atom. The van der Waals surface area contributed by atoms with Crippen molar-refractivity contribution < 1.29 is 14.7 Å². The minimum Gasteiger partial charge on any atom is -0.481 e. The van der Waals surface area contributed by atoms with Crippen molar-refractivity contribution >= 4 is 39.4 Å². The summed E-state index contributed by atoms with van der Waals surface area (Å²) in [6.07, 6.45) is -0.149. The zero-order valence-corrected chi connectivity index (χ0v) is 12.3. The Morgan fingerprint density at radius 2 is 2.06 bits per heavy atom. The van der Waals surface area contributed by atoms with Gasteiger partial charge >= 0.3 is 5.97 Å². The Hall–Kier alpha value is -1.07. The van der Waals surface area contributed by atoms with E-state index in [4.69, 9.17) is 16.7 Å². The van der Waals surface area contributed by atoms with Gasteiger partial charge in [-0.25, -0.2) is 0 Å². The maximum absolute atomic E-state index is 12.0. The molecule has 6 heteroatoms. The lowest BCUT2D eigenvalue weighted by Crippen LogP contribution is -2.45. The first-order valence-corrected chi connectivity index (χ1v) is 6.38. The van der Waals surface area contributed by atoms with E-state index in [1.165, 1.54) is 0 Å². The molecule has 4 nitrogen and oxygen atoms in total. The molecular weight excluding hydrogens is 321 g/mol. The predicted molar refractivity (Wildman–Crippen MR) is 73.0 cm³/mol. The van der Waals surface area contributed by atoms with Crippen molar-refractivity contribution in [3.8, 4) is 0 Å². The lowest BCUT2D eigenvalue weighted by molar-refractivity contribution is -0.138. The van der Waals surface area contributed by atoms with E-state index >= 15 is 0 Å². The van der Waals surface area contributed by atoms with Crippen LogP contribution in [0.2, 0.25) is 5.02 Å². The largest absolute Gasteiger partial charge is 0.481 e. The third-order valence-electron chi connectivity index (χ3n) is 2.22. The first-order chi connectivity index (χ1) is 8.21. The summed E-state index contributed by atoms with van der Waals surface area (Å²) in [5.41, 5.74) is -0.403. The van der Waals surface area contributed by atoms with Gasteiger partial charge in [-0.2, -0.15) is 0 Å². The molecule has 0 saturated carbocycles. The number of carboxylic acid groups (broad SMARTS) is 1. The van der Waals surface area contributed by atoms with Crippen LogP contribution < -0.4 is 5.32 Å². The third-order valence-corrected chi connectivity index (χ3v) is 3.11. The maximum atomic E-state index is 12.0. The van der Waals surface area contributed by atoms with E-state index in [2.05, 4.69) is 21.2 Å². The highest BCUT2D eigenvalue weighted by Gasteiger charge is 2.25. The van der Waals surface area contributed by atoms with Crippen LogP contribution in [0.25, 0.3) is 0 Å². The molecule has 0 aliphatic rings. The first kappa shape index (κ1) is 15.0. The van der Waals surface area contributed by atoms with Crippen LogP contribution >= 0.6 is 27.5 Å². The van der Waals surface area contributed by atoms with E-state index in [-0.39, 0.29) is 12.3 Å². The average Bonchev–Trinajstić information content (AvgIpc) is 2.13. The maximum Gasteiger partial charge on any atom is 0.305 e. The highest BCUT2D eigenvalue weighted by atomic mass is 79.9. The number of carbonyl (C=O) groups is 2. The normalized spacial score (nSPS) is 11.1. The molecular formula is C12H13BrClNO3. The fourth-order valence-corrected chi connectivity index (χ4v) is 2.33. The number of hydrogen-bond donors (Lipinski definition) is 2. The van der Waals surface area contributed by atoms with Crippen LogP contribution in [-0.4, -0.2) is 22.5 Å². The molecule has 0 heterocycles. The van der Waals surface area contributed by atoms with E-state index in [0.717, 1.165) is 0 Å². The van der Waals surface area contributed by atoms with Crippen molar-refractivity contribution in [2.45, 2.75) is 25.8 Å². The molecule has 0 aliphatic carbocycles. The quantitative estimate of drug-likeness (QED) is 0.889. The molecule has 0 atom stereocenters. The van der Waals surface area contributed by atoms with Crippen LogP contribution in [0.1, 0.15) is 30.6 Å². The van der Waals surface area contributed by atoms with Crippen LogP contribution in [0.3, 0.4) is 0 Å². The van der Waals surface area contributed by atoms with Crippen molar-refractivity contribution in [3.63, 3.8) is 0 Å². The summed E-state index contributed by atoms with van der Waals surface area (Å²) in [6, 6.07) is 4.80. The number of carbonyl (C=O) groups excluding carboxylic acids is 1. The summed E-state index contributed by atoms with van der Waals surface area (Å²) in [7, 11) is 0. The van der Waals surface area contributed by atoms with Crippen LogP contribution in [0, 0.1) is 0 Å². The number of aliphatic carboxylic acids is 1. The molecule has 0 bridgehead atoms. The monoisotopic (exact) mass is 333 g/mol. The van der Waals surface area contributed by atoms with Gasteiger partial charge in [0.2, 0.25) is 0 Å². The molecule has 0 fully saturated rings. The topological polar surface area (TPSA) is 66.4 Å². The number of nitrogens with one attached hydrogen (secondary N) is 1. The Kier molecular flexibility index (Phi) is 4.76. The van der Waals surface area contributed by atoms with Gasteiger partial charge in [0, 0.05) is 15.0 Å². The van der Waals surface area contributed by atoms with Crippen molar-refractivity contribution in [3.05, 3.63) is 33.3 Å². The molecule has 98 valence electrons. The lowest BCUT2D eigenvalue weighted by Gasteiger charge is -2.24. The van der Waals surface area contributed by atoms with E-state index in [0.29, 0.717) is 15.1 Å². The number of benzene rings is 1. The second-order valence-electron chi connectivity index (χ2n) is 4.53. The minimum absolute atomic E-state index is 0.149. The third kappa shape index (κ3) is 4.31. The number of carboxylic acids is 1. The summed E-state index contributed by atoms with van der Waals surface area (Å²) >= 11 is 9.03. The Morgan fingerprint density at radius 3 is 2.56 bits per heavy atom. The van der Waals surface area contributed by atoms with E-state index < -0.39 is 11.5 Å². The van der Waals surface area contributed by atoms with Gasteiger partial charge in [-0.3, -0.25) is 9.59 Å². The molecule has 1 amide bonds. The Bertz CT molecular complexity index is 488. The van der Waals surface area contributed by atoms with Gasteiger partial charge < -0.3 is 10.4 Å². The van der Waals surface area contributed by atoms with Gasteiger partial charge in [-0.15, -0.1) is 0 Å². The zero-order valence-electron chi connectivity index (χ0n) is 9.96. The Balaban J connectivity index is 2.85. The van der Waals surface area contributed by atoms with Gasteiger partial charge in [-0.1, -0.05) is 11.6 Å². The van der Waals surface area contributed by atoms with E-state index in [1.54, 1.807) is 32.0 Å². The fourth-order valence-electron chi connectivity index (χ4n) is 1.47. The number of amides is 1. The van der Waals surface area contributed by atoms with Gasteiger partial charge in [0.25, 0.3) is 5.91 Å². The van der Waals surface area contributed by atoms with Crippen molar-refractivity contribution in [2.75, 3.05) is 0 Å². The highest BCUT2D eigenvalue weighted by molar-refractivity contribution is 9.10. The molecule has 2 N–H and O–H groups in total. The minimum atomic E-state index is -0.963. The van der Waals surface area contributed by atoms with Crippen LogP contribution in [0.15, 0.2) is 22.7 Å². The smallest absolute Gasteiger partial charge is 0.305 e. The molecule has 0 radical (unpaired) electrons. The molecule has 1 aromatic carbocycles. The summed E-state index contributed by atoms with van der Waals surface area (Å²) in [5.74, 6) is -1.31. The standard InChI is InChI=1S/C12H13BrClNO3/c1-12(2,6-10(16)17)15-11(18)8-4-3-7(14)5-9(8)13/h3-5H,6H2,1-2H3,(H,15,18)(H,16,17). The van der Waals surface area contributed by atoms with Gasteiger partial charge in [0.15, 0.2) is 0 Å². The summed E-state index contributed by atoms with van der Waals surface area (Å²) < 4.78 is 0.568. The second-order valence-corrected chi connectivity index (χ2v) is 5.82. The first-order valence-electron chi connectivity index (χ1n) is 5.20. The van der Waals surface area contributed by atoms with E-state index in [9.17, 15) is 9.59 Å². The molecule has 1 aromatic rings. The molecule has 0 aliphatic heterocycles. The summed E-state index contributed by atoms with van der Waals surface area (Å²) in [4.78, 5) is 22.7. The molecule has 0 spiro atoms. The van der Waals surface area contributed by atoms with Crippen molar-refractivity contribution in [1.29, 1.82) is 0 Å². The molecule has 0 aromatic heterocycles. The number of rotatable bonds is 4. The van der Waals surface area contributed by atoms with Crippen LogP contribution in [0.5, 0.6) is 0 Å². The second kappa shape index (κ2) is 5.71. The van der Waals surface area contributed by atoms with Crippen LogP contribution in [0.4, 0.5) is 0 Å². The van der Waals surface area contributed by atoms with Crippen LogP contribution in [-0.2, 0) is 4.79 Å². The van der Waals surface area contributed by atoms with Gasteiger partial charge in [0.1, 0.15) is 0 Å². The zero-order chi connectivity index (χ0) is 13.9. The molecule has 0 unspecified atom stereocenters. The summed E-state index contributed by atoms with van der Waals surface area (Å²) in [6.45, 7) is 3.31. The summed E-state index contributed by atoms with van der Waals surface area (Å²) in [5, 5.41) is 11.9. The SMILES string of the molecule is CC(C)(CC(=O)O)NC(=O)c1ccc(Cl)cc1Br. The fraction of sp³-hybridized carbons (Fsp3) is 0.333. The molecule has 0 saturated heterocycles. The Labute approximate surface area is 118 Å². The van der Waals surface area contributed by atoms with E-state index in [1.807, 2.05) is 0 Å². The van der Waals surface area contributed by atoms with Crippen molar-refractivity contribution in [2.24, 2.45) is 0 Å². The number of hydrogen-bond acceptors (Lipinski definition) is 2. The number of halogens is 2. The highest BCUT2D eigenvalue weighted by Crippen LogP contribution is 2.22. The average molecular weight is 335 g/mol. The van der Waals surface area contributed by atoms with Gasteiger partial charge in [-0.05, 0) is 48.0 Å². The molecule has 18 heavy (non-hydrogen) atoms. The predicted octanol–water partition coefficient (Wildman–Crippen LogP) is 3.09. The molecule has 1 rings (SSSR count).